The fraction of sp³-hybridized carbons (Fsp3) is 0.524. The van der Waals surface area contributed by atoms with Crippen LogP contribution in [0.15, 0.2) is 29.6 Å². The molecule has 1 heterocycles. The largest absolute Gasteiger partial charge is 0.355 e. The molecule has 1 aliphatic carbocycles. The molecule has 0 bridgehead atoms. The number of thiophene rings is 1. The van der Waals surface area contributed by atoms with Crippen molar-refractivity contribution >= 4 is 22.7 Å². The van der Waals surface area contributed by atoms with Gasteiger partial charge in [-0.15, -0.1) is 11.3 Å². The molecule has 0 unspecified atom stereocenters. The number of hydrogen-bond acceptors (Lipinski definition) is 2. The molecule has 124 valence electrons. The molecule has 0 spiro atoms. The summed E-state index contributed by atoms with van der Waals surface area (Å²) in [5, 5.41) is 5.96. The number of hydrogen-bond donors (Lipinski definition) is 1. The fourth-order valence-corrected chi connectivity index (χ4v) is 5.41. The Balaban J connectivity index is 1.91. The second-order valence-corrected chi connectivity index (χ2v) is 10.1. The topological polar surface area (TPSA) is 12.0 Å². The van der Waals surface area contributed by atoms with Gasteiger partial charge in [-0.2, -0.15) is 0 Å². The van der Waals surface area contributed by atoms with Gasteiger partial charge in [0.05, 0.1) is 5.69 Å². The maximum Gasteiger partial charge on any atom is 0.0534 e. The summed E-state index contributed by atoms with van der Waals surface area (Å²) in [6, 6.07) is 8.89. The molecule has 0 amide bonds. The molecule has 1 nitrogen and oxygen atoms in total. The maximum atomic E-state index is 3.67. The number of fused-ring (bicyclic) bond motifs is 1. The minimum Gasteiger partial charge on any atom is -0.355 e. The van der Waals surface area contributed by atoms with Crippen molar-refractivity contribution in [2.75, 3.05) is 5.32 Å². The second kappa shape index (κ2) is 5.11. The number of benzene rings is 1. The quantitative estimate of drug-likeness (QED) is 0.643. The van der Waals surface area contributed by atoms with Crippen LogP contribution in [-0.2, 0) is 16.2 Å². The molecule has 0 atom stereocenters. The van der Waals surface area contributed by atoms with Crippen molar-refractivity contribution in [3.63, 3.8) is 0 Å². The predicted molar refractivity (Wildman–Crippen MR) is 103 cm³/mol. The van der Waals surface area contributed by atoms with Crippen LogP contribution < -0.4 is 5.32 Å². The van der Waals surface area contributed by atoms with Crippen molar-refractivity contribution in [1.82, 2.24) is 0 Å². The van der Waals surface area contributed by atoms with E-state index in [1.807, 2.05) is 11.3 Å². The Bertz CT molecular complexity index is 711. The first-order valence-electron chi connectivity index (χ1n) is 8.51. The summed E-state index contributed by atoms with van der Waals surface area (Å²) in [4.78, 5) is 1.55. The van der Waals surface area contributed by atoms with E-state index in [0.29, 0.717) is 5.41 Å². The normalized spacial score (nSPS) is 18.7. The summed E-state index contributed by atoms with van der Waals surface area (Å²) in [6.07, 6.45) is 1.22. The van der Waals surface area contributed by atoms with Gasteiger partial charge in [-0.05, 0) is 40.5 Å². The third-order valence-corrected chi connectivity index (χ3v) is 6.34. The lowest BCUT2D eigenvalue weighted by Gasteiger charge is -2.24. The molecule has 23 heavy (non-hydrogen) atoms. The zero-order chi connectivity index (χ0) is 17.0. The van der Waals surface area contributed by atoms with E-state index in [0.717, 1.165) is 0 Å². The van der Waals surface area contributed by atoms with E-state index in [1.54, 1.807) is 4.88 Å². The minimum atomic E-state index is 0.203. The summed E-state index contributed by atoms with van der Waals surface area (Å²) in [5.41, 5.74) is 6.11. The SMILES string of the molecule is CC(C)(C)c1ccc(Nc2csc3c2C(C)(C)CC3(C)C)cc1. The van der Waals surface area contributed by atoms with Crippen LogP contribution in [0.25, 0.3) is 0 Å². The standard InChI is InChI=1S/C21H29NS/c1-19(2,3)14-8-10-15(11-9-14)22-16-12-23-18-17(16)20(4,5)13-21(18,6)7/h8-12,22H,13H2,1-7H3. The lowest BCUT2D eigenvalue weighted by molar-refractivity contribution is 0.405. The Morgan fingerprint density at radius 1 is 0.957 bits per heavy atom. The van der Waals surface area contributed by atoms with Crippen LogP contribution in [0.5, 0.6) is 0 Å². The fourth-order valence-electron chi connectivity index (χ4n) is 4.10. The molecule has 1 aromatic heterocycles. The molecule has 0 aliphatic heterocycles. The Hall–Kier alpha value is -1.28. The van der Waals surface area contributed by atoms with Crippen LogP contribution in [0.1, 0.15) is 70.9 Å². The number of rotatable bonds is 2. The molecule has 0 saturated heterocycles. The van der Waals surface area contributed by atoms with Crippen molar-refractivity contribution in [1.29, 1.82) is 0 Å². The molecule has 1 N–H and O–H groups in total. The zero-order valence-electron chi connectivity index (χ0n) is 15.5. The van der Waals surface area contributed by atoms with Crippen LogP contribution in [0.3, 0.4) is 0 Å². The Morgan fingerprint density at radius 2 is 1.57 bits per heavy atom. The number of nitrogens with one attached hydrogen (secondary N) is 1. The smallest absolute Gasteiger partial charge is 0.0534 e. The number of anilines is 2. The predicted octanol–water partition coefficient (Wildman–Crippen LogP) is 6.75. The third-order valence-electron chi connectivity index (χ3n) is 5.00. The van der Waals surface area contributed by atoms with Crippen molar-refractivity contribution in [3.8, 4) is 0 Å². The highest BCUT2D eigenvalue weighted by Gasteiger charge is 2.44. The van der Waals surface area contributed by atoms with E-state index in [-0.39, 0.29) is 10.8 Å². The first-order chi connectivity index (χ1) is 10.5. The average molecular weight is 328 g/mol. The highest BCUT2D eigenvalue weighted by atomic mass is 32.1. The lowest BCUT2D eigenvalue weighted by atomic mass is 9.82. The molecule has 0 fully saturated rings. The van der Waals surface area contributed by atoms with E-state index in [4.69, 9.17) is 0 Å². The van der Waals surface area contributed by atoms with E-state index in [1.165, 1.54) is 28.9 Å². The second-order valence-electron chi connectivity index (χ2n) is 9.25. The van der Waals surface area contributed by atoms with Crippen molar-refractivity contribution in [3.05, 3.63) is 45.6 Å². The Labute approximate surface area is 145 Å². The first-order valence-corrected chi connectivity index (χ1v) is 9.39. The van der Waals surface area contributed by atoms with Gasteiger partial charge in [-0.1, -0.05) is 60.6 Å². The molecule has 0 radical (unpaired) electrons. The van der Waals surface area contributed by atoms with Crippen LogP contribution in [-0.4, -0.2) is 0 Å². The van der Waals surface area contributed by atoms with Crippen molar-refractivity contribution < 1.29 is 0 Å². The lowest BCUT2D eigenvalue weighted by Crippen LogP contribution is -2.18. The van der Waals surface area contributed by atoms with E-state index in [9.17, 15) is 0 Å². The maximum absolute atomic E-state index is 3.67. The van der Waals surface area contributed by atoms with Gasteiger partial charge in [0, 0.05) is 21.4 Å². The van der Waals surface area contributed by atoms with Gasteiger partial charge in [0.25, 0.3) is 0 Å². The first kappa shape index (κ1) is 16.6. The van der Waals surface area contributed by atoms with E-state index >= 15 is 0 Å². The molecule has 0 saturated carbocycles. The summed E-state index contributed by atoms with van der Waals surface area (Å²) in [7, 11) is 0. The van der Waals surface area contributed by atoms with Crippen molar-refractivity contribution in [2.24, 2.45) is 0 Å². The van der Waals surface area contributed by atoms with Crippen LogP contribution >= 0.6 is 11.3 Å². The monoisotopic (exact) mass is 327 g/mol. The van der Waals surface area contributed by atoms with Gasteiger partial charge in [0.15, 0.2) is 0 Å². The third kappa shape index (κ3) is 2.94. The van der Waals surface area contributed by atoms with Crippen LogP contribution in [0.2, 0.25) is 0 Å². The van der Waals surface area contributed by atoms with Gasteiger partial charge < -0.3 is 5.32 Å². The van der Waals surface area contributed by atoms with Crippen LogP contribution in [0, 0.1) is 0 Å². The summed E-state index contributed by atoms with van der Waals surface area (Å²) < 4.78 is 0. The van der Waals surface area contributed by atoms with Gasteiger partial charge in [0.2, 0.25) is 0 Å². The molecule has 1 aliphatic rings. The molecule has 1 aromatic carbocycles. The summed E-state index contributed by atoms with van der Waals surface area (Å²) in [6.45, 7) is 16.3. The highest BCUT2D eigenvalue weighted by molar-refractivity contribution is 7.11. The highest BCUT2D eigenvalue weighted by Crippen LogP contribution is 2.55. The molecule has 2 heteroatoms. The van der Waals surface area contributed by atoms with Gasteiger partial charge in [-0.3, -0.25) is 0 Å². The van der Waals surface area contributed by atoms with Crippen molar-refractivity contribution in [2.45, 2.75) is 71.1 Å². The molecular weight excluding hydrogens is 298 g/mol. The van der Waals surface area contributed by atoms with Gasteiger partial charge >= 0.3 is 0 Å². The molecule has 2 aromatic rings. The molecular formula is C21H29NS. The summed E-state index contributed by atoms with van der Waals surface area (Å²) in [5.74, 6) is 0. The molecule has 3 rings (SSSR count). The van der Waals surface area contributed by atoms with Crippen LogP contribution in [0.4, 0.5) is 11.4 Å². The van der Waals surface area contributed by atoms with E-state index < -0.39 is 0 Å². The zero-order valence-corrected chi connectivity index (χ0v) is 16.3. The Kier molecular flexibility index (Phi) is 3.68. The Morgan fingerprint density at radius 3 is 2.13 bits per heavy atom. The average Bonchev–Trinajstić information content (AvgIpc) is 2.89. The van der Waals surface area contributed by atoms with Gasteiger partial charge in [-0.25, -0.2) is 0 Å². The van der Waals surface area contributed by atoms with Gasteiger partial charge in [0.1, 0.15) is 0 Å². The summed E-state index contributed by atoms with van der Waals surface area (Å²) >= 11 is 1.91. The minimum absolute atomic E-state index is 0.203. The van der Waals surface area contributed by atoms with E-state index in [2.05, 4.69) is 83.4 Å².